The molecule has 0 unspecified atom stereocenters. The van der Waals surface area contributed by atoms with Gasteiger partial charge in [-0.3, -0.25) is 4.79 Å². The molecule has 1 amide bonds. The van der Waals surface area contributed by atoms with Gasteiger partial charge in [-0.25, -0.2) is 0 Å². The minimum absolute atomic E-state index is 0.378. The molecular formula is C16H17ClN2O. The van der Waals surface area contributed by atoms with E-state index < -0.39 is 0 Å². The highest BCUT2D eigenvalue weighted by atomic mass is 35.5. The molecule has 0 atom stereocenters. The Balaban J connectivity index is 2.14. The molecule has 3 N–H and O–H groups in total. The molecule has 0 saturated heterocycles. The fourth-order valence-corrected chi connectivity index (χ4v) is 2.44. The second kappa shape index (κ2) is 5.97. The van der Waals surface area contributed by atoms with Crippen molar-refractivity contribution in [1.29, 1.82) is 0 Å². The standard InChI is InChI=1S/C16H17ClN2O/c1-10-7-12(8-11(2)15(10)16(18)20)9-19-14-5-3-13(17)4-6-14/h3-8,19H,9H2,1-2H3,(H2,18,20). The third kappa shape index (κ3) is 3.31. The van der Waals surface area contributed by atoms with Crippen LogP contribution in [0.15, 0.2) is 36.4 Å². The molecule has 0 heterocycles. The van der Waals surface area contributed by atoms with Gasteiger partial charge in [0.25, 0.3) is 0 Å². The van der Waals surface area contributed by atoms with Crippen LogP contribution in [-0.2, 0) is 6.54 Å². The Bertz CT molecular complexity index is 612. The van der Waals surface area contributed by atoms with Crippen molar-refractivity contribution in [3.63, 3.8) is 0 Å². The molecule has 2 aromatic rings. The van der Waals surface area contributed by atoms with Gasteiger partial charge in [0.1, 0.15) is 0 Å². The first-order valence-corrected chi connectivity index (χ1v) is 6.74. The van der Waals surface area contributed by atoms with Gasteiger partial charge >= 0.3 is 0 Å². The lowest BCUT2D eigenvalue weighted by atomic mass is 9.99. The van der Waals surface area contributed by atoms with Crippen molar-refractivity contribution in [3.8, 4) is 0 Å². The fraction of sp³-hybridized carbons (Fsp3) is 0.188. The minimum atomic E-state index is -0.378. The third-order valence-electron chi connectivity index (χ3n) is 3.18. The van der Waals surface area contributed by atoms with Crippen LogP contribution in [0.3, 0.4) is 0 Å². The number of nitrogens with one attached hydrogen (secondary N) is 1. The van der Waals surface area contributed by atoms with E-state index in [1.807, 2.05) is 50.2 Å². The molecule has 0 aromatic heterocycles. The lowest BCUT2D eigenvalue weighted by Crippen LogP contribution is -2.15. The van der Waals surface area contributed by atoms with Crippen molar-refractivity contribution in [2.75, 3.05) is 5.32 Å². The van der Waals surface area contributed by atoms with E-state index in [1.54, 1.807) is 0 Å². The van der Waals surface area contributed by atoms with Crippen molar-refractivity contribution < 1.29 is 4.79 Å². The average Bonchev–Trinajstić information content (AvgIpc) is 2.37. The maximum absolute atomic E-state index is 11.4. The molecule has 0 spiro atoms. The number of rotatable bonds is 4. The Labute approximate surface area is 123 Å². The predicted octanol–water partition coefficient (Wildman–Crippen LogP) is 3.67. The topological polar surface area (TPSA) is 55.1 Å². The summed E-state index contributed by atoms with van der Waals surface area (Å²) in [6, 6.07) is 11.5. The van der Waals surface area contributed by atoms with E-state index in [4.69, 9.17) is 17.3 Å². The van der Waals surface area contributed by atoms with Crippen LogP contribution in [0, 0.1) is 13.8 Å². The maximum atomic E-state index is 11.4. The number of anilines is 1. The van der Waals surface area contributed by atoms with Crippen LogP contribution < -0.4 is 11.1 Å². The molecular weight excluding hydrogens is 272 g/mol. The van der Waals surface area contributed by atoms with Gasteiger partial charge in [0.05, 0.1) is 0 Å². The first-order valence-electron chi connectivity index (χ1n) is 6.36. The zero-order valence-corrected chi connectivity index (χ0v) is 12.3. The van der Waals surface area contributed by atoms with E-state index in [9.17, 15) is 4.79 Å². The number of benzene rings is 2. The van der Waals surface area contributed by atoms with Crippen LogP contribution >= 0.6 is 11.6 Å². The summed E-state index contributed by atoms with van der Waals surface area (Å²) in [6.45, 7) is 4.49. The highest BCUT2D eigenvalue weighted by Crippen LogP contribution is 2.18. The summed E-state index contributed by atoms with van der Waals surface area (Å²) in [5.41, 5.74) is 9.92. The molecule has 0 aliphatic carbocycles. The lowest BCUT2D eigenvalue weighted by Gasteiger charge is -2.11. The van der Waals surface area contributed by atoms with E-state index in [0.29, 0.717) is 17.1 Å². The Morgan fingerprint density at radius 1 is 1.15 bits per heavy atom. The van der Waals surface area contributed by atoms with Crippen LogP contribution in [0.25, 0.3) is 0 Å². The van der Waals surface area contributed by atoms with E-state index in [2.05, 4.69) is 5.32 Å². The number of halogens is 1. The first-order chi connectivity index (χ1) is 9.47. The zero-order valence-electron chi connectivity index (χ0n) is 11.5. The molecule has 20 heavy (non-hydrogen) atoms. The van der Waals surface area contributed by atoms with Gasteiger partial charge in [0.2, 0.25) is 5.91 Å². The molecule has 0 bridgehead atoms. The Hall–Kier alpha value is -2.00. The van der Waals surface area contributed by atoms with Crippen molar-refractivity contribution in [1.82, 2.24) is 0 Å². The summed E-state index contributed by atoms with van der Waals surface area (Å²) >= 11 is 5.85. The number of nitrogens with two attached hydrogens (primary N) is 1. The van der Waals surface area contributed by atoms with Gasteiger partial charge in [0.15, 0.2) is 0 Å². The second-order valence-electron chi connectivity index (χ2n) is 4.83. The van der Waals surface area contributed by atoms with Gasteiger partial charge in [0, 0.05) is 22.8 Å². The number of hydrogen-bond donors (Lipinski definition) is 2. The smallest absolute Gasteiger partial charge is 0.249 e. The average molecular weight is 289 g/mol. The van der Waals surface area contributed by atoms with E-state index >= 15 is 0 Å². The van der Waals surface area contributed by atoms with Gasteiger partial charge in [-0.15, -0.1) is 0 Å². The van der Waals surface area contributed by atoms with E-state index in [1.165, 1.54) is 0 Å². The molecule has 0 radical (unpaired) electrons. The molecule has 0 fully saturated rings. The Morgan fingerprint density at radius 3 is 2.20 bits per heavy atom. The zero-order chi connectivity index (χ0) is 14.7. The van der Waals surface area contributed by atoms with Gasteiger partial charge in [-0.2, -0.15) is 0 Å². The largest absolute Gasteiger partial charge is 0.381 e. The maximum Gasteiger partial charge on any atom is 0.249 e. The highest BCUT2D eigenvalue weighted by Gasteiger charge is 2.09. The molecule has 104 valence electrons. The molecule has 2 aromatic carbocycles. The SMILES string of the molecule is Cc1cc(CNc2ccc(Cl)cc2)cc(C)c1C(N)=O. The highest BCUT2D eigenvalue weighted by molar-refractivity contribution is 6.30. The van der Waals surface area contributed by atoms with Crippen LogP contribution in [-0.4, -0.2) is 5.91 Å². The van der Waals surface area contributed by atoms with Crippen LogP contribution in [0.2, 0.25) is 5.02 Å². The molecule has 2 rings (SSSR count). The van der Waals surface area contributed by atoms with E-state index in [-0.39, 0.29) is 5.91 Å². The molecule has 0 aliphatic rings. The third-order valence-corrected chi connectivity index (χ3v) is 3.43. The minimum Gasteiger partial charge on any atom is -0.381 e. The van der Waals surface area contributed by atoms with Gasteiger partial charge < -0.3 is 11.1 Å². The number of hydrogen-bond acceptors (Lipinski definition) is 2. The number of carbonyl (C=O) groups is 1. The number of carbonyl (C=O) groups excluding carboxylic acids is 1. The first kappa shape index (κ1) is 14.4. The Kier molecular flexibility index (Phi) is 4.30. The Morgan fingerprint density at radius 2 is 1.70 bits per heavy atom. The summed E-state index contributed by atoms with van der Waals surface area (Å²) in [4.78, 5) is 11.4. The number of aryl methyl sites for hydroxylation is 2. The van der Waals surface area contributed by atoms with Crippen molar-refractivity contribution in [2.24, 2.45) is 5.73 Å². The fourth-order valence-electron chi connectivity index (χ4n) is 2.32. The summed E-state index contributed by atoms with van der Waals surface area (Å²) in [7, 11) is 0. The summed E-state index contributed by atoms with van der Waals surface area (Å²) < 4.78 is 0. The molecule has 0 aliphatic heterocycles. The second-order valence-corrected chi connectivity index (χ2v) is 5.27. The summed E-state index contributed by atoms with van der Waals surface area (Å²) in [5, 5.41) is 4.03. The van der Waals surface area contributed by atoms with Crippen molar-refractivity contribution in [3.05, 3.63) is 63.7 Å². The van der Waals surface area contributed by atoms with Crippen LogP contribution in [0.1, 0.15) is 27.0 Å². The molecule has 4 heteroatoms. The van der Waals surface area contributed by atoms with Gasteiger partial charge in [-0.05, 0) is 54.8 Å². The van der Waals surface area contributed by atoms with Gasteiger partial charge in [-0.1, -0.05) is 23.7 Å². The monoisotopic (exact) mass is 288 g/mol. The normalized spacial score (nSPS) is 10.3. The quantitative estimate of drug-likeness (QED) is 0.902. The summed E-state index contributed by atoms with van der Waals surface area (Å²) in [6.07, 6.45) is 0. The summed E-state index contributed by atoms with van der Waals surface area (Å²) in [5.74, 6) is -0.378. The van der Waals surface area contributed by atoms with Crippen molar-refractivity contribution in [2.45, 2.75) is 20.4 Å². The van der Waals surface area contributed by atoms with E-state index in [0.717, 1.165) is 22.4 Å². The van der Waals surface area contributed by atoms with Crippen LogP contribution in [0.4, 0.5) is 5.69 Å². The van der Waals surface area contributed by atoms with Crippen LogP contribution in [0.5, 0.6) is 0 Å². The van der Waals surface area contributed by atoms with Crippen molar-refractivity contribution >= 4 is 23.2 Å². The number of primary amides is 1. The lowest BCUT2D eigenvalue weighted by molar-refractivity contribution is 0.0999. The number of amides is 1. The molecule has 3 nitrogen and oxygen atoms in total. The predicted molar refractivity (Wildman–Crippen MR) is 83.2 cm³/mol. The molecule has 0 saturated carbocycles.